The van der Waals surface area contributed by atoms with E-state index in [0.29, 0.717) is 6.54 Å². The van der Waals surface area contributed by atoms with Crippen molar-refractivity contribution in [3.05, 3.63) is 23.8 Å². The number of nitrogens with one attached hydrogen (secondary N) is 1. The average molecular weight is 364 g/mol. The van der Waals surface area contributed by atoms with Crippen molar-refractivity contribution in [2.75, 3.05) is 67.7 Å². The number of methoxy groups -OCH3 is 2. The third kappa shape index (κ3) is 5.25. The Hall–Kier alpha value is -1.99. The summed E-state index contributed by atoms with van der Waals surface area (Å²) >= 11 is 0. The molecule has 0 bridgehead atoms. The number of benzene rings is 1. The molecule has 1 fully saturated rings. The van der Waals surface area contributed by atoms with Gasteiger partial charge in [0.15, 0.2) is 17.5 Å². The molecule has 2 rings (SSSR count). The van der Waals surface area contributed by atoms with Crippen molar-refractivity contribution in [1.82, 2.24) is 15.1 Å². The highest BCUT2D eigenvalue weighted by atomic mass is 16.5. The van der Waals surface area contributed by atoms with Crippen LogP contribution in [0.15, 0.2) is 23.2 Å². The summed E-state index contributed by atoms with van der Waals surface area (Å²) in [5.41, 5.74) is 1.17. The first-order valence-corrected chi connectivity index (χ1v) is 9.10. The number of aliphatic imine (C=N–C) groups is 1. The summed E-state index contributed by atoms with van der Waals surface area (Å²) in [6.07, 6.45) is 0. The van der Waals surface area contributed by atoms with Crippen LogP contribution in [-0.4, -0.2) is 83.5 Å². The number of rotatable bonds is 7. The van der Waals surface area contributed by atoms with Crippen molar-refractivity contribution in [1.29, 1.82) is 0 Å². The fraction of sp³-hybridized carbons (Fsp3) is 0.632. The normalized spacial score (nSPS) is 16.9. The zero-order chi connectivity index (χ0) is 18.9. The van der Waals surface area contributed by atoms with Gasteiger partial charge >= 0.3 is 0 Å². The lowest BCUT2D eigenvalue weighted by Gasteiger charge is -2.34. The van der Waals surface area contributed by atoms with Gasteiger partial charge in [-0.25, -0.2) is 0 Å². The molecule has 146 valence electrons. The van der Waals surface area contributed by atoms with E-state index in [1.165, 1.54) is 5.56 Å². The van der Waals surface area contributed by atoms with Crippen LogP contribution in [0.5, 0.6) is 11.5 Å². The highest BCUT2D eigenvalue weighted by molar-refractivity contribution is 5.79. The molecule has 0 aromatic heterocycles. The summed E-state index contributed by atoms with van der Waals surface area (Å²) in [5.74, 6) is 2.38. The number of hydrogen-bond donors (Lipinski definition) is 1. The SMILES string of the molecule is CCNC(=NCC(c1ccc(OC)c(OC)c1)N1CCOCC1)N(C)C. The molecular weight excluding hydrogens is 332 g/mol. The standard InChI is InChI=1S/C19H32N4O3/c1-6-20-19(22(2)3)21-14-16(23-9-11-26-12-10-23)15-7-8-17(24-4)18(13-15)25-5/h7-8,13,16H,6,9-12,14H2,1-5H3,(H,20,21). The molecule has 1 atom stereocenters. The molecule has 1 aromatic rings. The van der Waals surface area contributed by atoms with E-state index in [1.807, 2.05) is 25.1 Å². The molecule has 1 aromatic carbocycles. The summed E-state index contributed by atoms with van der Waals surface area (Å²) in [6.45, 7) is 6.88. The van der Waals surface area contributed by atoms with Gasteiger partial charge in [0, 0.05) is 33.7 Å². The number of ether oxygens (including phenoxy) is 3. The van der Waals surface area contributed by atoms with Gasteiger partial charge in [0.05, 0.1) is 40.0 Å². The molecule has 1 N–H and O–H groups in total. The first-order valence-electron chi connectivity index (χ1n) is 9.10. The van der Waals surface area contributed by atoms with E-state index < -0.39 is 0 Å². The summed E-state index contributed by atoms with van der Waals surface area (Å²) in [4.78, 5) is 9.27. The maximum Gasteiger partial charge on any atom is 0.193 e. The maximum absolute atomic E-state index is 5.53. The van der Waals surface area contributed by atoms with Crippen LogP contribution in [0, 0.1) is 0 Å². The molecule has 26 heavy (non-hydrogen) atoms. The van der Waals surface area contributed by atoms with Crippen LogP contribution in [0.1, 0.15) is 18.5 Å². The largest absolute Gasteiger partial charge is 0.493 e. The van der Waals surface area contributed by atoms with Gasteiger partial charge in [-0.2, -0.15) is 0 Å². The van der Waals surface area contributed by atoms with E-state index in [2.05, 4.69) is 29.3 Å². The fourth-order valence-electron chi connectivity index (χ4n) is 3.07. The lowest BCUT2D eigenvalue weighted by molar-refractivity contribution is 0.0179. The lowest BCUT2D eigenvalue weighted by Crippen LogP contribution is -2.41. The molecule has 1 aliphatic heterocycles. The van der Waals surface area contributed by atoms with Gasteiger partial charge in [0.2, 0.25) is 0 Å². The van der Waals surface area contributed by atoms with Crippen molar-refractivity contribution in [3.8, 4) is 11.5 Å². The molecule has 7 heteroatoms. The Kier molecular flexibility index (Phi) is 8.00. The Bertz CT molecular complexity index is 586. The Morgan fingerprint density at radius 1 is 1.23 bits per heavy atom. The van der Waals surface area contributed by atoms with E-state index in [0.717, 1.165) is 50.3 Å². The van der Waals surface area contributed by atoms with Gasteiger partial charge in [-0.1, -0.05) is 6.07 Å². The Morgan fingerprint density at radius 2 is 1.92 bits per heavy atom. The molecule has 1 heterocycles. The minimum atomic E-state index is 0.160. The van der Waals surface area contributed by atoms with Crippen LogP contribution >= 0.6 is 0 Å². The Balaban J connectivity index is 2.30. The van der Waals surface area contributed by atoms with Gasteiger partial charge in [-0.05, 0) is 24.6 Å². The minimum Gasteiger partial charge on any atom is -0.493 e. The van der Waals surface area contributed by atoms with Gasteiger partial charge in [0.25, 0.3) is 0 Å². The second-order valence-electron chi connectivity index (χ2n) is 6.37. The Labute approximate surface area is 156 Å². The van der Waals surface area contributed by atoms with E-state index in [1.54, 1.807) is 14.2 Å². The molecule has 0 saturated carbocycles. The summed E-state index contributed by atoms with van der Waals surface area (Å²) in [6, 6.07) is 6.27. The highest BCUT2D eigenvalue weighted by Gasteiger charge is 2.24. The third-order valence-corrected chi connectivity index (χ3v) is 4.45. The van der Waals surface area contributed by atoms with Gasteiger partial charge in [0.1, 0.15) is 0 Å². The predicted molar refractivity (Wildman–Crippen MR) is 104 cm³/mol. The highest BCUT2D eigenvalue weighted by Crippen LogP contribution is 2.32. The van der Waals surface area contributed by atoms with E-state index in [9.17, 15) is 0 Å². The van der Waals surface area contributed by atoms with Gasteiger partial charge in [-0.15, -0.1) is 0 Å². The maximum atomic E-state index is 5.53. The van der Waals surface area contributed by atoms with Crippen LogP contribution < -0.4 is 14.8 Å². The van der Waals surface area contributed by atoms with E-state index in [-0.39, 0.29) is 6.04 Å². The van der Waals surface area contributed by atoms with E-state index >= 15 is 0 Å². The van der Waals surface area contributed by atoms with Crippen molar-refractivity contribution in [2.24, 2.45) is 4.99 Å². The van der Waals surface area contributed by atoms with Crippen LogP contribution in [0.3, 0.4) is 0 Å². The molecule has 0 spiro atoms. The molecule has 7 nitrogen and oxygen atoms in total. The van der Waals surface area contributed by atoms with E-state index in [4.69, 9.17) is 19.2 Å². The van der Waals surface area contributed by atoms with Gasteiger partial charge < -0.3 is 24.4 Å². The monoisotopic (exact) mass is 364 g/mol. The number of nitrogens with zero attached hydrogens (tertiary/aromatic N) is 3. The van der Waals surface area contributed by atoms with Crippen LogP contribution in [0.2, 0.25) is 0 Å². The van der Waals surface area contributed by atoms with Crippen molar-refractivity contribution in [3.63, 3.8) is 0 Å². The number of guanidine groups is 1. The number of hydrogen-bond acceptors (Lipinski definition) is 5. The summed E-state index contributed by atoms with van der Waals surface area (Å²) in [7, 11) is 7.32. The summed E-state index contributed by atoms with van der Waals surface area (Å²) < 4.78 is 16.4. The predicted octanol–water partition coefficient (Wildman–Crippen LogP) is 1.60. The van der Waals surface area contributed by atoms with Crippen molar-refractivity contribution >= 4 is 5.96 Å². The molecule has 0 aliphatic carbocycles. The second kappa shape index (κ2) is 10.2. The topological polar surface area (TPSA) is 58.6 Å². The zero-order valence-electron chi connectivity index (χ0n) is 16.6. The fourth-order valence-corrected chi connectivity index (χ4v) is 3.07. The Morgan fingerprint density at radius 3 is 2.50 bits per heavy atom. The molecule has 1 unspecified atom stereocenters. The minimum absolute atomic E-state index is 0.160. The van der Waals surface area contributed by atoms with Crippen LogP contribution in [-0.2, 0) is 4.74 Å². The number of morpholine rings is 1. The van der Waals surface area contributed by atoms with Crippen molar-refractivity contribution < 1.29 is 14.2 Å². The first kappa shape index (κ1) is 20.3. The summed E-state index contributed by atoms with van der Waals surface area (Å²) in [5, 5.41) is 3.32. The first-order chi connectivity index (χ1) is 12.6. The molecule has 0 amide bonds. The molecule has 1 aliphatic rings. The molecular formula is C19H32N4O3. The van der Waals surface area contributed by atoms with Crippen molar-refractivity contribution in [2.45, 2.75) is 13.0 Å². The molecule has 1 saturated heterocycles. The lowest BCUT2D eigenvalue weighted by atomic mass is 10.0. The zero-order valence-corrected chi connectivity index (χ0v) is 16.6. The second-order valence-corrected chi connectivity index (χ2v) is 6.37. The third-order valence-electron chi connectivity index (χ3n) is 4.45. The molecule has 0 radical (unpaired) electrons. The quantitative estimate of drug-likeness (QED) is 0.586. The van der Waals surface area contributed by atoms with Crippen LogP contribution in [0.4, 0.5) is 0 Å². The smallest absolute Gasteiger partial charge is 0.193 e. The average Bonchev–Trinajstić information content (AvgIpc) is 2.67. The van der Waals surface area contributed by atoms with Crippen LogP contribution in [0.25, 0.3) is 0 Å². The van der Waals surface area contributed by atoms with Gasteiger partial charge in [-0.3, -0.25) is 9.89 Å².